The van der Waals surface area contributed by atoms with E-state index >= 15 is 0 Å². The van der Waals surface area contributed by atoms with Gasteiger partial charge in [-0.05, 0) is 32.6 Å². The highest BCUT2D eigenvalue weighted by molar-refractivity contribution is 7.99. The molecule has 7 heteroatoms. The van der Waals surface area contributed by atoms with Crippen LogP contribution in [0.2, 0.25) is 0 Å². The van der Waals surface area contributed by atoms with Gasteiger partial charge in [0.1, 0.15) is 5.82 Å². The molecule has 0 aromatic carbocycles. The first kappa shape index (κ1) is 13.9. The molecule has 6 nitrogen and oxygen atoms in total. The summed E-state index contributed by atoms with van der Waals surface area (Å²) in [5.41, 5.74) is 5.70. The van der Waals surface area contributed by atoms with Gasteiger partial charge in [0, 0.05) is 18.6 Å². The van der Waals surface area contributed by atoms with Gasteiger partial charge < -0.3 is 15.2 Å². The van der Waals surface area contributed by atoms with Crippen LogP contribution in [0.25, 0.3) is 0 Å². The van der Waals surface area contributed by atoms with Crippen LogP contribution in [0.15, 0.2) is 5.16 Å². The van der Waals surface area contributed by atoms with E-state index in [1.165, 1.54) is 11.8 Å². The first-order valence-corrected chi connectivity index (χ1v) is 8.29. The zero-order chi connectivity index (χ0) is 14.1. The standard InChI is InChI=1S/C13H21N5OS/c1-2-17(9-3-4-9)12(19)8-20-13-16-15-11(7-14)18(13)10-5-6-10/h9-10H,2-8,14H2,1H3. The molecule has 1 amide bonds. The summed E-state index contributed by atoms with van der Waals surface area (Å²) in [5.74, 6) is 1.48. The Kier molecular flexibility index (Phi) is 3.98. The quantitative estimate of drug-likeness (QED) is 0.764. The van der Waals surface area contributed by atoms with Crippen molar-refractivity contribution < 1.29 is 4.79 Å². The molecular weight excluding hydrogens is 274 g/mol. The zero-order valence-corrected chi connectivity index (χ0v) is 12.6. The molecule has 2 saturated carbocycles. The number of amides is 1. The number of aromatic nitrogens is 3. The third-order valence-electron chi connectivity index (χ3n) is 3.80. The molecule has 0 aliphatic heterocycles. The largest absolute Gasteiger partial charge is 0.339 e. The number of carbonyl (C=O) groups is 1. The summed E-state index contributed by atoms with van der Waals surface area (Å²) in [7, 11) is 0. The van der Waals surface area contributed by atoms with Crippen LogP contribution in [0, 0.1) is 0 Å². The average Bonchev–Trinajstić information content (AvgIpc) is 3.36. The van der Waals surface area contributed by atoms with Crippen LogP contribution in [0.4, 0.5) is 0 Å². The average molecular weight is 295 g/mol. The van der Waals surface area contributed by atoms with Gasteiger partial charge in [-0.3, -0.25) is 4.79 Å². The highest BCUT2D eigenvalue weighted by Crippen LogP contribution is 2.38. The van der Waals surface area contributed by atoms with Crippen molar-refractivity contribution in [3.05, 3.63) is 5.82 Å². The molecule has 0 radical (unpaired) electrons. The smallest absolute Gasteiger partial charge is 0.233 e. The Morgan fingerprint density at radius 1 is 1.40 bits per heavy atom. The van der Waals surface area contributed by atoms with E-state index in [0.717, 1.165) is 43.2 Å². The van der Waals surface area contributed by atoms with Gasteiger partial charge in [0.2, 0.25) is 5.91 Å². The number of nitrogens with two attached hydrogens (primary N) is 1. The van der Waals surface area contributed by atoms with E-state index in [-0.39, 0.29) is 5.91 Å². The second-order valence-corrected chi connectivity index (χ2v) is 6.35. The monoisotopic (exact) mass is 295 g/mol. The predicted octanol–water partition coefficient (Wildman–Crippen LogP) is 1.17. The van der Waals surface area contributed by atoms with Gasteiger partial charge in [0.25, 0.3) is 0 Å². The van der Waals surface area contributed by atoms with Crippen molar-refractivity contribution in [3.8, 4) is 0 Å². The minimum Gasteiger partial charge on any atom is -0.339 e. The molecule has 110 valence electrons. The minimum atomic E-state index is 0.208. The van der Waals surface area contributed by atoms with Gasteiger partial charge in [0.05, 0.1) is 12.3 Å². The molecule has 1 aromatic heterocycles. The molecule has 0 spiro atoms. The van der Waals surface area contributed by atoms with Crippen LogP contribution in [-0.4, -0.2) is 43.9 Å². The first-order valence-electron chi connectivity index (χ1n) is 7.30. The van der Waals surface area contributed by atoms with E-state index in [1.54, 1.807) is 0 Å². The SMILES string of the molecule is CCN(C(=O)CSc1nnc(CN)n1C1CC1)C1CC1. The number of nitrogens with zero attached hydrogens (tertiary/aromatic N) is 4. The van der Waals surface area contributed by atoms with Crippen LogP contribution in [0.5, 0.6) is 0 Å². The van der Waals surface area contributed by atoms with Crippen LogP contribution in [-0.2, 0) is 11.3 Å². The van der Waals surface area contributed by atoms with Crippen LogP contribution in [0.3, 0.4) is 0 Å². The maximum absolute atomic E-state index is 12.2. The molecule has 2 N–H and O–H groups in total. The van der Waals surface area contributed by atoms with E-state index in [4.69, 9.17) is 5.73 Å². The number of hydrogen-bond donors (Lipinski definition) is 1. The van der Waals surface area contributed by atoms with E-state index in [1.807, 2.05) is 11.8 Å². The molecule has 0 unspecified atom stereocenters. The van der Waals surface area contributed by atoms with Crippen LogP contribution < -0.4 is 5.73 Å². The topological polar surface area (TPSA) is 77.0 Å². The summed E-state index contributed by atoms with van der Waals surface area (Å²) in [6, 6.07) is 0.973. The summed E-state index contributed by atoms with van der Waals surface area (Å²) < 4.78 is 2.12. The number of carbonyl (C=O) groups excluding carboxylic acids is 1. The normalized spacial score (nSPS) is 18.3. The summed E-state index contributed by atoms with van der Waals surface area (Å²) in [5, 5.41) is 9.16. The Balaban J connectivity index is 1.63. The molecule has 0 saturated heterocycles. The van der Waals surface area contributed by atoms with Crippen molar-refractivity contribution in [2.45, 2.75) is 56.4 Å². The number of hydrogen-bond acceptors (Lipinski definition) is 5. The lowest BCUT2D eigenvalue weighted by Crippen LogP contribution is -2.34. The Morgan fingerprint density at radius 2 is 2.15 bits per heavy atom. The van der Waals surface area contributed by atoms with Gasteiger partial charge in [-0.15, -0.1) is 10.2 Å². The summed E-state index contributed by atoms with van der Waals surface area (Å²) in [6.45, 7) is 3.24. The zero-order valence-electron chi connectivity index (χ0n) is 11.8. The fourth-order valence-electron chi connectivity index (χ4n) is 2.48. The van der Waals surface area contributed by atoms with Crippen molar-refractivity contribution in [1.29, 1.82) is 0 Å². The Bertz CT molecular complexity index is 495. The van der Waals surface area contributed by atoms with Crippen molar-refractivity contribution in [1.82, 2.24) is 19.7 Å². The predicted molar refractivity (Wildman–Crippen MR) is 77.3 cm³/mol. The molecule has 1 heterocycles. The lowest BCUT2D eigenvalue weighted by Gasteiger charge is -2.19. The molecule has 20 heavy (non-hydrogen) atoms. The molecule has 2 aliphatic rings. The molecule has 0 atom stereocenters. The van der Waals surface area contributed by atoms with Crippen molar-refractivity contribution in [2.24, 2.45) is 5.73 Å². The Hall–Kier alpha value is -1.08. The third kappa shape index (κ3) is 2.83. The third-order valence-corrected chi connectivity index (χ3v) is 4.73. The maximum atomic E-state index is 12.2. The minimum absolute atomic E-state index is 0.208. The van der Waals surface area contributed by atoms with Gasteiger partial charge in [-0.1, -0.05) is 11.8 Å². The van der Waals surface area contributed by atoms with Crippen LogP contribution >= 0.6 is 11.8 Å². The summed E-state index contributed by atoms with van der Waals surface area (Å²) >= 11 is 1.49. The lowest BCUT2D eigenvalue weighted by atomic mass is 10.4. The maximum Gasteiger partial charge on any atom is 0.233 e. The van der Waals surface area contributed by atoms with E-state index < -0.39 is 0 Å². The molecule has 2 fully saturated rings. The number of rotatable bonds is 7. The fourth-order valence-corrected chi connectivity index (χ4v) is 3.39. The van der Waals surface area contributed by atoms with Gasteiger partial charge in [-0.25, -0.2) is 0 Å². The molecular formula is C13H21N5OS. The Labute approximate surface area is 123 Å². The molecule has 1 aromatic rings. The highest BCUT2D eigenvalue weighted by Gasteiger charge is 2.32. The van der Waals surface area contributed by atoms with E-state index in [2.05, 4.69) is 14.8 Å². The van der Waals surface area contributed by atoms with Crippen LogP contribution in [0.1, 0.15) is 44.5 Å². The fraction of sp³-hybridized carbons (Fsp3) is 0.769. The van der Waals surface area contributed by atoms with E-state index in [0.29, 0.717) is 24.4 Å². The van der Waals surface area contributed by atoms with Crippen molar-refractivity contribution in [2.75, 3.05) is 12.3 Å². The lowest BCUT2D eigenvalue weighted by molar-refractivity contribution is -0.128. The van der Waals surface area contributed by atoms with Gasteiger partial charge in [-0.2, -0.15) is 0 Å². The van der Waals surface area contributed by atoms with Crippen molar-refractivity contribution in [3.63, 3.8) is 0 Å². The molecule has 3 rings (SSSR count). The Morgan fingerprint density at radius 3 is 2.70 bits per heavy atom. The van der Waals surface area contributed by atoms with Crippen molar-refractivity contribution >= 4 is 17.7 Å². The first-order chi connectivity index (χ1) is 9.74. The highest BCUT2D eigenvalue weighted by atomic mass is 32.2. The second-order valence-electron chi connectivity index (χ2n) is 5.40. The summed E-state index contributed by atoms with van der Waals surface area (Å²) in [4.78, 5) is 14.2. The van der Waals surface area contributed by atoms with Gasteiger partial charge >= 0.3 is 0 Å². The second kappa shape index (κ2) is 5.73. The summed E-state index contributed by atoms with van der Waals surface area (Å²) in [6.07, 6.45) is 4.63. The van der Waals surface area contributed by atoms with Gasteiger partial charge in [0.15, 0.2) is 5.16 Å². The molecule has 2 aliphatic carbocycles. The molecule has 0 bridgehead atoms. The van der Waals surface area contributed by atoms with E-state index in [9.17, 15) is 4.79 Å². The number of thioether (sulfide) groups is 1.